The predicted molar refractivity (Wildman–Crippen MR) is 165 cm³/mol. The summed E-state index contributed by atoms with van der Waals surface area (Å²) in [6, 6.07) is 10.3. The van der Waals surface area contributed by atoms with Gasteiger partial charge in [0.15, 0.2) is 29.3 Å². The van der Waals surface area contributed by atoms with Gasteiger partial charge < -0.3 is 19.4 Å². The molecular weight excluding hydrogens is 687 g/mol. The largest absolute Gasteiger partial charge is 0.619 e. The van der Waals surface area contributed by atoms with Gasteiger partial charge in [-0.1, -0.05) is 35.3 Å². The van der Waals surface area contributed by atoms with Crippen molar-refractivity contribution >= 4 is 51.0 Å². The number of nitrogens with zero attached hydrogens (tertiary/aromatic N) is 3. The van der Waals surface area contributed by atoms with Crippen molar-refractivity contribution in [1.82, 2.24) is 4.31 Å². The third-order valence-corrected chi connectivity index (χ3v) is 11.2. The summed E-state index contributed by atoms with van der Waals surface area (Å²) >= 11 is 13.7. The summed E-state index contributed by atoms with van der Waals surface area (Å²) in [5.41, 5.74) is 1.08. The fourth-order valence-corrected chi connectivity index (χ4v) is 8.68. The number of carbonyl (C=O) groups excluding carboxylic acids is 1. The lowest BCUT2D eigenvalue weighted by Crippen LogP contribution is -2.41. The standard InChI is InChI=1S/C30H27Cl2F2N3O7S2/c1-17-2-5-20(13-35)27(10-17)46(40,41)37-8-9-45-28(37)29(38)43-25(12-21-22(31)14-36(39)15-23(21)32)19-6-7-24(44-30(33)34)26(11-19)42-16-18-3-4-18/h2,5-7,10-11,14-15,18,25,28,30H,3-4,8-9,12,16H2,1H3. The van der Waals surface area contributed by atoms with E-state index in [9.17, 15) is 32.5 Å². The van der Waals surface area contributed by atoms with Crippen LogP contribution in [0.3, 0.4) is 0 Å². The summed E-state index contributed by atoms with van der Waals surface area (Å²) in [5.74, 6) is -0.591. The Morgan fingerprint density at radius 3 is 2.54 bits per heavy atom. The van der Waals surface area contributed by atoms with Gasteiger partial charge in [0.1, 0.15) is 27.1 Å². The number of rotatable bonds is 12. The van der Waals surface area contributed by atoms with Crippen LogP contribution in [0.15, 0.2) is 53.7 Å². The van der Waals surface area contributed by atoms with Crippen LogP contribution in [0.25, 0.3) is 0 Å². The smallest absolute Gasteiger partial charge is 0.387 e. The minimum absolute atomic E-state index is 0.00340. The normalized spacial score (nSPS) is 17.5. The van der Waals surface area contributed by atoms with E-state index in [2.05, 4.69) is 4.74 Å². The van der Waals surface area contributed by atoms with Gasteiger partial charge in [-0.15, -0.1) is 11.8 Å². The van der Waals surface area contributed by atoms with Crippen LogP contribution in [0.4, 0.5) is 8.78 Å². The zero-order valence-electron chi connectivity index (χ0n) is 24.2. The average Bonchev–Trinajstić information content (AvgIpc) is 3.69. The Labute approximate surface area is 278 Å². The summed E-state index contributed by atoms with van der Waals surface area (Å²) in [6.45, 7) is -1.19. The first-order valence-corrected chi connectivity index (χ1v) is 17.2. The number of hydrogen-bond acceptors (Lipinski definition) is 9. The van der Waals surface area contributed by atoms with Crippen molar-refractivity contribution in [1.29, 1.82) is 5.26 Å². The summed E-state index contributed by atoms with van der Waals surface area (Å²) < 4.78 is 71.6. The number of hydrogen-bond donors (Lipinski definition) is 0. The van der Waals surface area contributed by atoms with E-state index in [1.165, 1.54) is 30.3 Å². The average molecular weight is 715 g/mol. The van der Waals surface area contributed by atoms with E-state index < -0.39 is 34.1 Å². The molecule has 0 radical (unpaired) electrons. The molecule has 1 aliphatic heterocycles. The van der Waals surface area contributed by atoms with Gasteiger partial charge in [0, 0.05) is 24.3 Å². The van der Waals surface area contributed by atoms with Crippen LogP contribution < -0.4 is 14.2 Å². The first kappa shape index (κ1) is 34.0. The van der Waals surface area contributed by atoms with Gasteiger partial charge in [-0.25, -0.2) is 13.2 Å². The molecular formula is C30H27Cl2F2N3O7S2. The lowest BCUT2D eigenvalue weighted by Gasteiger charge is -2.26. The van der Waals surface area contributed by atoms with E-state index in [-0.39, 0.29) is 74.4 Å². The second-order valence-electron chi connectivity index (χ2n) is 10.7. The highest BCUT2D eigenvalue weighted by molar-refractivity contribution is 8.02. The number of halogens is 4. The molecule has 1 saturated carbocycles. The van der Waals surface area contributed by atoms with Gasteiger partial charge in [0.2, 0.25) is 10.0 Å². The molecule has 2 fully saturated rings. The Kier molecular flexibility index (Phi) is 10.5. The molecule has 0 N–H and O–H groups in total. The van der Waals surface area contributed by atoms with Crippen LogP contribution in [-0.2, 0) is 26.0 Å². The van der Waals surface area contributed by atoms with Crippen molar-refractivity contribution in [2.75, 3.05) is 18.9 Å². The Morgan fingerprint density at radius 1 is 1.17 bits per heavy atom. The Bertz CT molecular complexity index is 1770. The van der Waals surface area contributed by atoms with Crippen molar-refractivity contribution < 1.29 is 40.9 Å². The van der Waals surface area contributed by atoms with E-state index in [0.29, 0.717) is 10.3 Å². The molecule has 0 spiro atoms. The minimum atomic E-state index is -4.31. The minimum Gasteiger partial charge on any atom is -0.619 e. The maximum atomic E-state index is 13.8. The maximum Gasteiger partial charge on any atom is 0.387 e. The van der Waals surface area contributed by atoms with Crippen LogP contribution in [0.1, 0.15) is 41.2 Å². The lowest BCUT2D eigenvalue weighted by atomic mass is 10.0. The molecule has 16 heteroatoms. The maximum absolute atomic E-state index is 13.8. The number of benzene rings is 2. The van der Waals surface area contributed by atoms with Crippen LogP contribution in [-0.4, -0.2) is 49.6 Å². The van der Waals surface area contributed by atoms with E-state index in [1.807, 2.05) is 6.07 Å². The molecule has 10 nitrogen and oxygen atoms in total. The number of esters is 1. The monoisotopic (exact) mass is 713 g/mol. The van der Waals surface area contributed by atoms with Crippen molar-refractivity contribution in [2.45, 2.75) is 49.2 Å². The summed E-state index contributed by atoms with van der Waals surface area (Å²) in [5, 5.41) is 20.1. The van der Waals surface area contributed by atoms with Crippen molar-refractivity contribution in [3.63, 3.8) is 0 Å². The second-order valence-corrected chi connectivity index (χ2v) is 14.6. The van der Waals surface area contributed by atoms with Gasteiger partial charge in [0.05, 0.1) is 12.2 Å². The summed E-state index contributed by atoms with van der Waals surface area (Å²) in [7, 11) is -4.31. The first-order valence-electron chi connectivity index (χ1n) is 14.0. The molecule has 46 heavy (non-hydrogen) atoms. The van der Waals surface area contributed by atoms with Gasteiger partial charge in [-0.05, 0) is 61.1 Å². The SMILES string of the molecule is Cc1ccc(C#N)c(S(=O)(=O)N2CCSC2C(=O)OC(Cc2c(Cl)c[n+]([O-])cc2Cl)c2ccc(OC(F)F)c(OCC3CC3)c2)c1. The third kappa shape index (κ3) is 7.78. The zero-order valence-corrected chi connectivity index (χ0v) is 27.3. The number of thioether (sulfide) groups is 1. The van der Waals surface area contributed by atoms with Crippen molar-refractivity contribution in [3.8, 4) is 17.6 Å². The van der Waals surface area contributed by atoms with Gasteiger partial charge in [-0.3, -0.25) is 0 Å². The fraction of sp³-hybridized carbons (Fsp3) is 0.367. The highest BCUT2D eigenvalue weighted by Gasteiger charge is 2.43. The first-order chi connectivity index (χ1) is 21.9. The van der Waals surface area contributed by atoms with E-state index >= 15 is 0 Å². The number of alkyl halides is 2. The molecule has 1 aliphatic carbocycles. The predicted octanol–water partition coefficient (Wildman–Crippen LogP) is 5.79. The highest BCUT2D eigenvalue weighted by atomic mass is 35.5. The topological polar surface area (TPSA) is 133 Å². The van der Waals surface area contributed by atoms with Crippen LogP contribution in [0.2, 0.25) is 10.0 Å². The fourth-order valence-electron chi connectivity index (χ4n) is 4.81. The zero-order chi connectivity index (χ0) is 33.2. The summed E-state index contributed by atoms with van der Waals surface area (Å²) in [6.07, 6.45) is 2.66. The van der Waals surface area contributed by atoms with Crippen LogP contribution >= 0.6 is 35.0 Å². The molecule has 1 aromatic heterocycles. The number of pyridine rings is 1. The third-order valence-electron chi connectivity index (χ3n) is 7.33. The molecule has 244 valence electrons. The van der Waals surface area contributed by atoms with Crippen LogP contribution in [0.5, 0.6) is 11.5 Å². The number of sulfonamides is 1. The van der Waals surface area contributed by atoms with Crippen LogP contribution in [0, 0.1) is 29.4 Å². The number of nitriles is 1. The number of ether oxygens (including phenoxy) is 3. The number of aromatic nitrogens is 1. The quantitative estimate of drug-likeness (QED) is 0.130. The molecule has 2 unspecified atom stereocenters. The molecule has 0 amide bonds. The Hall–Kier alpha value is -3.35. The van der Waals surface area contributed by atoms with Crippen molar-refractivity contribution in [3.05, 3.63) is 86.3 Å². The second kappa shape index (κ2) is 14.2. The molecule has 2 heterocycles. The molecule has 2 aliphatic rings. The molecule has 2 atom stereocenters. The van der Waals surface area contributed by atoms with E-state index in [1.54, 1.807) is 13.0 Å². The van der Waals surface area contributed by atoms with Gasteiger partial charge in [-0.2, -0.15) is 23.1 Å². The molecule has 3 aromatic rings. The van der Waals surface area contributed by atoms with Crippen molar-refractivity contribution in [2.24, 2.45) is 5.92 Å². The summed E-state index contributed by atoms with van der Waals surface area (Å²) in [4.78, 5) is 13.6. The molecule has 5 rings (SSSR count). The van der Waals surface area contributed by atoms with E-state index in [0.717, 1.165) is 41.3 Å². The lowest BCUT2D eigenvalue weighted by molar-refractivity contribution is -0.605. The van der Waals surface area contributed by atoms with Gasteiger partial charge >= 0.3 is 12.6 Å². The number of aryl methyl sites for hydroxylation is 1. The Morgan fingerprint density at radius 2 is 1.89 bits per heavy atom. The van der Waals surface area contributed by atoms with E-state index in [4.69, 9.17) is 32.7 Å². The van der Waals surface area contributed by atoms with Gasteiger partial charge in [0.25, 0.3) is 0 Å². The molecule has 2 aromatic carbocycles. The number of carbonyl (C=O) groups is 1. The Balaban J connectivity index is 1.49. The molecule has 1 saturated heterocycles. The molecule has 0 bridgehead atoms. The highest BCUT2D eigenvalue weighted by Crippen LogP contribution is 2.39.